The largest absolute Gasteiger partial charge is 0.236 e. The molecule has 5 heteroatoms. The normalized spacial score (nSPS) is 35.8. The van der Waals surface area contributed by atoms with Crippen LogP contribution in [0.1, 0.15) is 13.8 Å². The van der Waals surface area contributed by atoms with Crippen molar-refractivity contribution in [3.8, 4) is 0 Å². The van der Waals surface area contributed by atoms with Crippen LogP contribution in [-0.4, -0.2) is 11.8 Å². The average molecular weight is 198 g/mol. The van der Waals surface area contributed by atoms with E-state index in [0.717, 1.165) is 6.92 Å². The number of halogens is 5. The minimum atomic E-state index is -3.11. The van der Waals surface area contributed by atoms with Crippen molar-refractivity contribution in [2.45, 2.75) is 25.7 Å². The van der Waals surface area contributed by atoms with E-state index in [9.17, 15) is 22.0 Å². The van der Waals surface area contributed by atoms with Crippen LogP contribution in [0.3, 0.4) is 0 Å². The fourth-order valence-corrected chi connectivity index (χ4v) is 1.10. The van der Waals surface area contributed by atoms with Crippen LogP contribution in [0.15, 0.2) is 23.1 Å². The van der Waals surface area contributed by atoms with Gasteiger partial charge in [0.05, 0.1) is 0 Å². The van der Waals surface area contributed by atoms with E-state index in [-0.39, 0.29) is 0 Å². The van der Waals surface area contributed by atoms with Gasteiger partial charge in [0.2, 0.25) is 0 Å². The molecule has 2 unspecified atom stereocenters. The predicted molar refractivity (Wildman–Crippen MR) is 37.5 cm³/mol. The van der Waals surface area contributed by atoms with Gasteiger partial charge in [0.15, 0.2) is 23.5 Å². The molecule has 0 radical (unpaired) electrons. The molecule has 0 saturated heterocycles. The molecule has 0 aromatic heterocycles. The summed E-state index contributed by atoms with van der Waals surface area (Å²) in [6, 6.07) is 0. The summed E-state index contributed by atoms with van der Waals surface area (Å²) in [5.74, 6) is -5.14. The number of allylic oxidation sites excluding steroid dienone is 4. The zero-order valence-electron chi connectivity index (χ0n) is 6.97. The van der Waals surface area contributed by atoms with Crippen molar-refractivity contribution in [2.75, 3.05) is 0 Å². The molecular weight excluding hydrogens is 191 g/mol. The van der Waals surface area contributed by atoms with Gasteiger partial charge in [-0.15, -0.1) is 0 Å². The minimum absolute atomic E-state index is 0.530. The lowest BCUT2D eigenvalue weighted by atomic mass is 9.91. The highest BCUT2D eigenvalue weighted by Gasteiger charge is 2.48. The van der Waals surface area contributed by atoms with Gasteiger partial charge in [0, 0.05) is 5.57 Å². The molecule has 2 atom stereocenters. The number of alkyl halides is 2. The van der Waals surface area contributed by atoms with Gasteiger partial charge in [-0.2, -0.15) is 0 Å². The molecule has 0 aliphatic heterocycles. The first kappa shape index (κ1) is 10.2. The highest BCUT2D eigenvalue weighted by Crippen LogP contribution is 2.43. The molecule has 0 saturated carbocycles. The van der Waals surface area contributed by atoms with Crippen molar-refractivity contribution >= 4 is 0 Å². The molecule has 0 fully saturated rings. The first-order chi connectivity index (χ1) is 5.80. The number of hydrogen-bond donors (Lipinski definition) is 0. The molecule has 0 bridgehead atoms. The third-order valence-electron chi connectivity index (χ3n) is 2.00. The van der Waals surface area contributed by atoms with Gasteiger partial charge in [-0.05, 0) is 13.8 Å². The molecule has 0 nitrogen and oxygen atoms in total. The summed E-state index contributed by atoms with van der Waals surface area (Å²) in [5, 5.41) is 0. The highest BCUT2D eigenvalue weighted by atomic mass is 19.2. The Hall–Kier alpha value is -0.870. The maximum Gasteiger partial charge on any atom is 0.197 e. The van der Waals surface area contributed by atoms with Crippen LogP contribution in [0, 0.1) is 0 Å². The smallest absolute Gasteiger partial charge is 0.197 e. The van der Waals surface area contributed by atoms with E-state index in [1.807, 2.05) is 0 Å². The van der Waals surface area contributed by atoms with Crippen molar-refractivity contribution in [1.29, 1.82) is 0 Å². The Morgan fingerprint density at radius 3 is 2.15 bits per heavy atom. The lowest BCUT2D eigenvalue weighted by molar-refractivity contribution is 0.0774. The van der Waals surface area contributed by atoms with Crippen LogP contribution in [-0.2, 0) is 0 Å². The van der Waals surface area contributed by atoms with Gasteiger partial charge in [-0.25, -0.2) is 22.0 Å². The second kappa shape index (κ2) is 2.82. The van der Waals surface area contributed by atoms with Crippen molar-refractivity contribution in [1.82, 2.24) is 0 Å². The quantitative estimate of drug-likeness (QED) is 0.523. The van der Waals surface area contributed by atoms with E-state index in [2.05, 4.69) is 0 Å². The fraction of sp³-hybridized carbons (Fsp3) is 0.500. The summed E-state index contributed by atoms with van der Waals surface area (Å²) in [6.45, 7) is 1.39. The van der Waals surface area contributed by atoms with E-state index >= 15 is 0 Å². The topological polar surface area (TPSA) is 0 Å². The van der Waals surface area contributed by atoms with Gasteiger partial charge < -0.3 is 0 Å². The van der Waals surface area contributed by atoms with Gasteiger partial charge >= 0.3 is 0 Å². The summed E-state index contributed by atoms with van der Waals surface area (Å²) >= 11 is 0. The van der Waals surface area contributed by atoms with Crippen molar-refractivity contribution < 1.29 is 22.0 Å². The zero-order chi connectivity index (χ0) is 10.4. The lowest BCUT2D eigenvalue weighted by Gasteiger charge is -2.27. The van der Waals surface area contributed by atoms with E-state index in [1.54, 1.807) is 0 Å². The van der Waals surface area contributed by atoms with Crippen LogP contribution < -0.4 is 0 Å². The Labute approximate surface area is 71.7 Å². The highest BCUT2D eigenvalue weighted by molar-refractivity contribution is 5.40. The molecular formula is C8H7F5. The van der Waals surface area contributed by atoms with E-state index in [4.69, 9.17) is 0 Å². The monoisotopic (exact) mass is 198 g/mol. The molecule has 13 heavy (non-hydrogen) atoms. The number of rotatable bonds is 0. The van der Waals surface area contributed by atoms with E-state index in [0.29, 0.717) is 6.92 Å². The minimum Gasteiger partial charge on any atom is -0.236 e. The van der Waals surface area contributed by atoms with Crippen molar-refractivity contribution in [2.24, 2.45) is 0 Å². The van der Waals surface area contributed by atoms with E-state index in [1.165, 1.54) is 0 Å². The Balaban J connectivity index is 3.32. The maximum absolute atomic E-state index is 13.1. The Bertz CT molecular complexity index is 300. The maximum atomic E-state index is 13.1. The van der Waals surface area contributed by atoms with Crippen LogP contribution in [0.25, 0.3) is 0 Å². The molecule has 0 aromatic carbocycles. The summed E-state index contributed by atoms with van der Waals surface area (Å²) in [7, 11) is 0. The first-order valence-corrected chi connectivity index (χ1v) is 3.55. The average Bonchev–Trinajstić information content (AvgIpc) is 2.09. The van der Waals surface area contributed by atoms with Gasteiger partial charge in [-0.1, -0.05) is 0 Å². The van der Waals surface area contributed by atoms with Crippen LogP contribution in [0.4, 0.5) is 22.0 Å². The van der Waals surface area contributed by atoms with Gasteiger partial charge in [-0.3, -0.25) is 0 Å². The fourth-order valence-electron chi connectivity index (χ4n) is 1.10. The van der Waals surface area contributed by atoms with Crippen LogP contribution in [0.5, 0.6) is 0 Å². The van der Waals surface area contributed by atoms with Crippen LogP contribution >= 0.6 is 0 Å². The molecule has 0 N–H and O–H groups in total. The Kier molecular flexibility index (Phi) is 2.21. The van der Waals surface area contributed by atoms with Crippen molar-refractivity contribution in [3.05, 3.63) is 23.1 Å². The SMILES string of the molecule is CC1=C(F)C(C)(F)C(F)C(F)=C1F. The van der Waals surface area contributed by atoms with Gasteiger partial charge in [0.1, 0.15) is 5.83 Å². The lowest BCUT2D eigenvalue weighted by Crippen LogP contribution is -2.36. The van der Waals surface area contributed by atoms with Gasteiger partial charge in [0.25, 0.3) is 0 Å². The molecule has 74 valence electrons. The van der Waals surface area contributed by atoms with E-state index < -0.39 is 34.9 Å². The predicted octanol–water partition coefficient (Wildman–Crippen LogP) is 3.46. The molecule has 1 aliphatic carbocycles. The third-order valence-corrected chi connectivity index (χ3v) is 2.00. The second-order valence-corrected chi connectivity index (χ2v) is 3.04. The number of hydrogen-bond acceptors (Lipinski definition) is 0. The van der Waals surface area contributed by atoms with Crippen LogP contribution in [0.2, 0.25) is 0 Å². The van der Waals surface area contributed by atoms with Crippen molar-refractivity contribution in [3.63, 3.8) is 0 Å². The second-order valence-electron chi connectivity index (χ2n) is 3.04. The summed E-state index contributed by atoms with van der Waals surface area (Å²) in [4.78, 5) is 0. The molecule has 1 aliphatic rings. The molecule has 1 rings (SSSR count). The summed E-state index contributed by atoms with van der Waals surface area (Å²) < 4.78 is 63.8. The molecule has 0 heterocycles. The first-order valence-electron chi connectivity index (χ1n) is 3.55. The standard InChI is InChI=1S/C8H7F5/c1-3-4(9)5(10)7(12)8(2,13)6(3)11/h7H,1-2H3. The molecule has 0 spiro atoms. The Morgan fingerprint density at radius 1 is 1.23 bits per heavy atom. The zero-order valence-corrected chi connectivity index (χ0v) is 6.97. The molecule has 0 aromatic rings. The third kappa shape index (κ3) is 1.26. The Morgan fingerprint density at radius 2 is 1.69 bits per heavy atom. The molecule has 0 amide bonds. The summed E-state index contributed by atoms with van der Waals surface area (Å²) in [5.41, 5.74) is -3.93. The summed E-state index contributed by atoms with van der Waals surface area (Å²) in [6.07, 6.45) is -2.91.